The van der Waals surface area contributed by atoms with Crippen LogP contribution in [0.4, 0.5) is 0 Å². The number of thiophene rings is 1. The highest BCUT2D eigenvalue weighted by Gasteiger charge is 2.28. The van der Waals surface area contributed by atoms with E-state index in [-0.39, 0.29) is 13.2 Å². The molecular weight excluding hydrogens is 256 g/mol. The molecule has 1 aliphatic rings. The van der Waals surface area contributed by atoms with Gasteiger partial charge in [-0.2, -0.15) is 0 Å². The average Bonchev–Trinajstić information content (AvgIpc) is 2.98. The molecular formula is C16H12O2S. The maximum Gasteiger partial charge on any atom is 0.0781 e. The van der Waals surface area contributed by atoms with Crippen molar-refractivity contribution in [2.24, 2.45) is 0 Å². The zero-order chi connectivity index (χ0) is 13.0. The molecule has 3 heteroatoms. The summed E-state index contributed by atoms with van der Waals surface area (Å²) in [6.07, 6.45) is 0. The van der Waals surface area contributed by atoms with Crippen LogP contribution >= 0.6 is 11.3 Å². The Hall–Kier alpha value is -1.68. The van der Waals surface area contributed by atoms with Crippen molar-refractivity contribution < 1.29 is 10.2 Å². The van der Waals surface area contributed by atoms with Gasteiger partial charge in [-0.15, -0.1) is 11.3 Å². The third kappa shape index (κ3) is 1.32. The second-order valence-electron chi connectivity index (χ2n) is 4.72. The molecule has 0 saturated carbocycles. The molecule has 0 unspecified atom stereocenters. The fraction of sp³-hybridized carbons (Fsp3) is 0.125. The molecule has 94 valence electrons. The molecule has 0 bridgehead atoms. The van der Waals surface area contributed by atoms with Crippen LogP contribution in [0.15, 0.2) is 36.4 Å². The van der Waals surface area contributed by atoms with Gasteiger partial charge in [0.1, 0.15) is 0 Å². The summed E-state index contributed by atoms with van der Waals surface area (Å²) < 4.78 is 0. The van der Waals surface area contributed by atoms with Crippen LogP contribution in [0.5, 0.6) is 0 Å². The third-order valence-electron chi connectivity index (χ3n) is 3.78. The Labute approximate surface area is 114 Å². The fourth-order valence-electron chi connectivity index (χ4n) is 3.08. The van der Waals surface area contributed by atoms with Crippen molar-refractivity contribution >= 4 is 22.1 Å². The van der Waals surface area contributed by atoms with Crippen LogP contribution in [0.2, 0.25) is 0 Å². The third-order valence-corrected chi connectivity index (χ3v) is 4.94. The molecule has 2 aromatic carbocycles. The zero-order valence-electron chi connectivity index (χ0n) is 10.2. The molecule has 1 aliphatic carbocycles. The smallest absolute Gasteiger partial charge is 0.0781 e. The summed E-state index contributed by atoms with van der Waals surface area (Å²) in [4.78, 5) is 1.89. The Kier molecular flexibility index (Phi) is 2.30. The van der Waals surface area contributed by atoms with Crippen molar-refractivity contribution in [2.75, 3.05) is 0 Å². The van der Waals surface area contributed by atoms with Crippen LogP contribution < -0.4 is 0 Å². The second kappa shape index (κ2) is 3.90. The first-order chi connectivity index (χ1) is 9.35. The van der Waals surface area contributed by atoms with E-state index in [2.05, 4.69) is 24.3 Å². The molecule has 2 nitrogen and oxygen atoms in total. The summed E-state index contributed by atoms with van der Waals surface area (Å²) in [5.41, 5.74) is 4.60. The molecule has 2 N–H and O–H groups in total. The largest absolute Gasteiger partial charge is 0.391 e. The topological polar surface area (TPSA) is 40.5 Å². The van der Waals surface area contributed by atoms with Gasteiger partial charge < -0.3 is 10.2 Å². The summed E-state index contributed by atoms with van der Waals surface area (Å²) in [6, 6.07) is 12.5. The number of hydrogen-bond donors (Lipinski definition) is 2. The number of benzene rings is 2. The molecule has 0 spiro atoms. The summed E-state index contributed by atoms with van der Waals surface area (Å²) in [7, 11) is 0. The molecule has 0 aliphatic heterocycles. The Balaban J connectivity index is 2.21. The van der Waals surface area contributed by atoms with Gasteiger partial charge in [-0.25, -0.2) is 0 Å². The van der Waals surface area contributed by atoms with Crippen LogP contribution in [0.3, 0.4) is 0 Å². The van der Waals surface area contributed by atoms with Crippen molar-refractivity contribution in [3.63, 3.8) is 0 Å². The van der Waals surface area contributed by atoms with Gasteiger partial charge in [0.2, 0.25) is 0 Å². The van der Waals surface area contributed by atoms with E-state index in [1.165, 1.54) is 33.2 Å². The monoisotopic (exact) mass is 268 g/mol. The van der Waals surface area contributed by atoms with E-state index < -0.39 is 0 Å². The number of fused-ring (bicyclic) bond motifs is 3. The number of aliphatic hydroxyl groups is 2. The van der Waals surface area contributed by atoms with Gasteiger partial charge >= 0.3 is 0 Å². The molecule has 0 radical (unpaired) electrons. The van der Waals surface area contributed by atoms with Crippen LogP contribution in [-0.2, 0) is 13.2 Å². The standard InChI is InChI=1S/C16H12O2S/c17-7-12-15-10-5-1-3-9-4-2-6-11(14(9)10)16(15)13(8-18)19-12/h1-6,17-18H,7-8H2. The summed E-state index contributed by atoms with van der Waals surface area (Å²) in [6.45, 7) is 0.0503. The maximum absolute atomic E-state index is 9.57. The molecule has 0 atom stereocenters. The molecule has 4 rings (SSSR count). The molecule has 0 amide bonds. The predicted octanol–water partition coefficient (Wildman–Crippen LogP) is 3.53. The quantitative estimate of drug-likeness (QED) is 0.584. The van der Waals surface area contributed by atoms with Crippen LogP contribution in [0.25, 0.3) is 33.0 Å². The average molecular weight is 268 g/mol. The number of aliphatic hydroxyl groups excluding tert-OH is 2. The van der Waals surface area contributed by atoms with Crippen molar-refractivity contribution in [1.82, 2.24) is 0 Å². The molecule has 3 aromatic rings. The van der Waals surface area contributed by atoms with Gasteiger partial charge in [0, 0.05) is 20.9 Å². The lowest BCUT2D eigenvalue weighted by Crippen LogP contribution is -1.81. The Morgan fingerprint density at radius 1 is 0.789 bits per heavy atom. The van der Waals surface area contributed by atoms with Crippen molar-refractivity contribution in [3.8, 4) is 22.3 Å². The minimum Gasteiger partial charge on any atom is -0.391 e. The van der Waals surface area contributed by atoms with E-state index in [1.54, 1.807) is 0 Å². The summed E-state index contributed by atoms with van der Waals surface area (Å²) >= 11 is 1.51. The molecule has 19 heavy (non-hydrogen) atoms. The van der Waals surface area contributed by atoms with Crippen molar-refractivity contribution in [2.45, 2.75) is 13.2 Å². The highest BCUT2D eigenvalue weighted by atomic mass is 32.1. The van der Waals surface area contributed by atoms with Crippen molar-refractivity contribution in [1.29, 1.82) is 0 Å². The van der Waals surface area contributed by atoms with Gasteiger partial charge in [-0.3, -0.25) is 0 Å². The van der Waals surface area contributed by atoms with E-state index in [4.69, 9.17) is 0 Å². The minimum absolute atomic E-state index is 0.0252. The first kappa shape index (κ1) is 11.2. The Morgan fingerprint density at radius 2 is 1.32 bits per heavy atom. The maximum atomic E-state index is 9.57. The van der Waals surface area contributed by atoms with E-state index in [1.807, 2.05) is 12.1 Å². The molecule has 0 saturated heterocycles. The van der Waals surface area contributed by atoms with E-state index in [9.17, 15) is 10.2 Å². The highest BCUT2D eigenvalue weighted by Crippen LogP contribution is 2.53. The van der Waals surface area contributed by atoms with Crippen LogP contribution in [-0.4, -0.2) is 10.2 Å². The lowest BCUT2D eigenvalue weighted by Gasteiger charge is -2.03. The van der Waals surface area contributed by atoms with Gasteiger partial charge in [-0.1, -0.05) is 36.4 Å². The van der Waals surface area contributed by atoms with E-state index in [0.717, 1.165) is 20.9 Å². The van der Waals surface area contributed by atoms with Crippen LogP contribution in [0.1, 0.15) is 9.75 Å². The predicted molar refractivity (Wildman–Crippen MR) is 78.1 cm³/mol. The van der Waals surface area contributed by atoms with Gasteiger partial charge in [0.05, 0.1) is 13.2 Å². The normalized spacial score (nSPS) is 12.1. The molecule has 0 fully saturated rings. The summed E-state index contributed by atoms with van der Waals surface area (Å²) in [5.74, 6) is 0. The lowest BCUT2D eigenvalue weighted by atomic mass is 10.0. The van der Waals surface area contributed by atoms with Crippen LogP contribution in [0, 0.1) is 0 Å². The second-order valence-corrected chi connectivity index (χ2v) is 5.91. The van der Waals surface area contributed by atoms with Gasteiger partial charge in [0.25, 0.3) is 0 Å². The SMILES string of the molecule is OCc1sc(CO)c2c1-c1cccc3cccc-2c13. The van der Waals surface area contributed by atoms with Gasteiger partial charge in [0.15, 0.2) is 0 Å². The lowest BCUT2D eigenvalue weighted by molar-refractivity contribution is 0.285. The zero-order valence-corrected chi connectivity index (χ0v) is 11.0. The Morgan fingerprint density at radius 3 is 1.79 bits per heavy atom. The first-order valence-corrected chi connectivity index (χ1v) is 7.05. The number of rotatable bonds is 2. The minimum atomic E-state index is 0.0252. The Bertz CT molecular complexity index is 741. The fourth-order valence-corrected chi connectivity index (χ4v) is 4.13. The molecule has 1 heterocycles. The molecule has 1 aromatic heterocycles. The highest BCUT2D eigenvalue weighted by molar-refractivity contribution is 7.13. The summed E-state index contributed by atoms with van der Waals surface area (Å²) in [5, 5.41) is 21.6. The first-order valence-electron chi connectivity index (χ1n) is 6.24. The van der Waals surface area contributed by atoms with E-state index >= 15 is 0 Å². The van der Waals surface area contributed by atoms with Gasteiger partial charge in [-0.05, 0) is 21.9 Å². The van der Waals surface area contributed by atoms with Crippen molar-refractivity contribution in [3.05, 3.63) is 46.2 Å². The van der Waals surface area contributed by atoms with E-state index in [0.29, 0.717) is 0 Å². The number of hydrogen-bond acceptors (Lipinski definition) is 3.